The quantitative estimate of drug-likeness (QED) is 0.588. The maximum atomic E-state index is 13.9. The van der Waals surface area contributed by atoms with E-state index >= 15 is 0 Å². The molecular weight excluding hydrogens is 379 g/mol. The van der Waals surface area contributed by atoms with Crippen molar-refractivity contribution in [2.75, 3.05) is 14.2 Å². The minimum atomic E-state index is -0.450. The van der Waals surface area contributed by atoms with Crippen LogP contribution in [-0.2, 0) is 13.2 Å². The molecule has 3 aromatic rings. The van der Waals surface area contributed by atoms with Crippen molar-refractivity contribution in [1.82, 2.24) is 9.88 Å². The molecule has 1 amide bonds. The van der Waals surface area contributed by atoms with Crippen molar-refractivity contribution in [2.45, 2.75) is 20.1 Å². The summed E-state index contributed by atoms with van der Waals surface area (Å²) in [5.74, 6) is 0.151. The van der Waals surface area contributed by atoms with E-state index in [0.29, 0.717) is 23.5 Å². The third-order valence-corrected chi connectivity index (χ3v) is 4.94. The van der Waals surface area contributed by atoms with E-state index in [0.717, 1.165) is 10.7 Å². The number of carbonyl (C=O) groups excluding carboxylic acids is 1. The molecule has 0 aliphatic rings. The minimum Gasteiger partial charge on any atom is -0.494 e. The van der Waals surface area contributed by atoms with Gasteiger partial charge in [0.1, 0.15) is 12.4 Å². The Balaban J connectivity index is 1.65. The first-order chi connectivity index (χ1) is 13.5. The summed E-state index contributed by atoms with van der Waals surface area (Å²) in [5, 5.41) is 2.94. The molecule has 0 spiro atoms. The molecule has 1 aromatic heterocycles. The van der Waals surface area contributed by atoms with E-state index in [1.807, 2.05) is 12.3 Å². The van der Waals surface area contributed by atoms with Crippen molar-refractivity contribution in [1.29, 1.82) is 0 Å². The number of benzene rings is 2. The second-order valence-electron chi connectivity index (χ2n) is 6.30. The van der Waals surface area contributed by atoms with E-state index in [2.05, 4.69) is 4.98 Å². The molecule has 28 heavy (non-hydrogen) atoms. The number of methoxy groups -OCH3 is 1. The number of aromatic nitrogens is 1. The third kappa shape index (κ3) is 4.86. The Kier molecular flexibility index (Phi) is 6.26. The van der Waals surface area contributed by atoms with Crippen LogP contribution in [-0.4, -0.2) is 29.9 Å². The topological polar surface area (TPSA) is 51.7 Å². The number of thiazole rings is 1. The second kappa shape index (κ2) is 8.84. The van der Waals surface area contributed by atoms with Gasteiger partial charge >= 0.3 is 0 Å². The first kappa shape index (κ1) is 19.8. The number of ether oxygens (including phenoxy) is 2. The number of halogens is 1. The van der Waals surface area contributed by atoms with Crippen LogP contribution in [0.15, 0.2) is 47.8 Å². The SMILES string of the molecule is COc1ccc(CN(C)C(=O)c2cccc(OCc3csc(C)n3)c2)cc1F. The summed E-state index contributed by atoms with van der Waals surface area (Å²) >= 11 is 1.57. The third-order valence-electron chi connectivity index (χ3n) is 4.12. The molecule has 0 radical (unpaired) electrons. The summed E-state index contributed by atoms with van der Waals surface area (Å²) in [6, 6.07) is 11.7. The molecule has 0 bridgehead atoms. The first-order valence-electron chi connectivity index (χ1n) is 8.68. The lowest BCUT2D eigenvalue weighted by molar-refractivity contribution is 0.0784. The van der Waals surface area contributed by atoms with Gasteiger partial charge in [-0.2, -0.15) is 0 Å². The Labute approximate surface area is 167 Å². The van der Waals surface area contributed by atoms with Crippen LogP contribution in [0.5, 0.6) is 11.5 Å². The number of aryl methyl sites for hydroxylation is 1. The van der Waals surface area contributed by atoms with Crippen LogP contribution in [0.4, 0.5) is 4.39 Å². The molecule has 0 fully saturated rings. The van der Waals surface area contributed by atoms with Gasteiger partial charge in [0.15, 0.2) is 11.6 Å². The highest BCUT2D eigenvalue weighted by molar-refractivity contribution is 7.09. The van der Waals surface area contributed by atoms with Crippen LogP contribution in [0, 0.1) is 12.7 Å². The van der Waals surface area contributed by atoms with Gasteiger partial charge in [-0.1, -0.05) is 12.1 Å². The first-order valence-corrected chi connectivity index (χ1v) is 9.56. The summed E-state index contributed by atoms with van der Waals surface area (Å²) < 4.78 is 24.5. The highest BCUT2D eigenvalue weighted by atomic mass is 32.1. The molecule has 5 nitrogen and oxygen atoms in total. The smallest absolute Gasteiger partial charge is 0.254 e. The Hall–Kier alpha value is -2.93. The van der Waals surface area contributed by atoms with Gasteiger partial charge in [0, 0.05) is 24.5 Å². The van der Waals surface area contributed by atoms with E-state index in [9.17, 15) is 9.18 Å². The van der Waals surface area contributed by atoms with Crippen LogP contribution in [0.3, 0.4) is 0 Å². The van der Waals surface area contributed by atoms with Gasteiger partial charge in [0.25, 0.3) is 5.91 Å². The number of rotatable bonds is 7. The van der Waals surface area contributed by atoms with Crippen molar-refractivity contribution >= 4 is 17.2 Å². The fraction of sp³-hybridized carbons (Fsp3) is 0.238. The molecule has 0 aliphatic heterocycles. The molecule has 7 heteroatoms. The molecule has 0 saturated heterocycles. The average Bonchev–Trinajstić information content (AvgIpc) is 3.11. The van der Waals surface area contributed by atoms with Gasteiger partial charge in [0.05, 0.1) is 17.8 Å². The van der Waals surface area contributed by atoms with Gasteiger partial charge in [-0.15, -0.1) is 11.3 Å². The predicted molar refractivity (Wildman–Crippen MR) is 106 cm³/mol. The van der Waals surface area contributed by atoms with Gasteiger partial charge in [-0.25, -0.2) is 9.37 Å². The summed E-state index contributed by atoms with van der Waals surface area (Å²) in [4.78, 5) is 18.6. The number of amides is 1. The molecular formula is C21H21FN2O3S. The molecule has 0 unspecified atom stereocenters. The summed E-state index contributed by atoms with van der Waals surface area (Å²) in [5.41, 5.74) is 2.04. The molecule has 3 rings (SSSR count). The largest absolute Gasteiger partial charge is 0.494 e. The van der Waals surface area contributed by atoms with E-state index in [-0.39, 0.29) is 18.2 Å². The lowest BCUT2D eigenvalue weighted by atomic mass is 10.1. The zero-order valence-electron chi connectivity index (χ0n) is 15.9. The normalized spacial score (nSPS) is 10.6. The molecule has 0 aliphatic carbocycles. The van der Waals surface area contributed by atoms with Crippen molar-refractivity contribution in [3.8, 4) is 11.5 Å². The van der Waals surface area contributed by atoms with Crippen molar-refractivity contribution < 1.29 is 18.7 Å². The van der Waals surface area contributed by atoms with Crippen molar-refractivity contribution in [3.05, 3.63) is 75.5 Å². The lowest BCUT2D eigenvalue weighted by Crippen LogP contribution is -2.26. The van der Waals surface area contributed by atoms with E-state index in [4.69, 9.17) is 9.47 Å². The maximum Gasteiger partial charge on any atom is 0.254 e. The van der Waals surface area contributed by atoms with Crippen molar-refractivity contribution in [3.63, 3.8) is 0 Å². The van der Waals surface area contributed by atoms with E-state index < -0.39 is 5.82 Å². The predicted octanol–water partition coefficient (Wildman–Crippen LogP) is 4.45. The second-order valence-corrected chi connectivity index (χ2v) is 7.37. The summed E-state index contributed by atoms with van der Waals surface area (Å²) in [7, 11) is 3.09. The Morgan fingerprint density at radius 3 is 2.75 bits per heavy atom. The van der Waals surface area contributed by atoms with Crippen LogP contribution in [0.1, 0.15) is 26.6 Å². The van der Waals surface area contributed by atoms with Gasteiger partial charge in [-0.05, 0) is 42.8 Å². The monoisotopic (exact) mass is 400 g/mol. The Bertz CT molecular complexity index is 974. The molecule has 0 saturated carbocycles. The van der Waals surface area contributed by atoms with Crippen molar-refractivity contribution in [2.24, 2.45) is 0 Å². The fourth-order valence-electron chi connectivity index (χ4n) is 2.73. The number of nitrogens with zero attached hydrogens (tertiary/aromatic N) is 2. The highest BCUT2D eigenvalue weighted by Gasteiger charge is 2.14. The standard InChI is InChI=1S/C21H21FN2O3S/c1-14-23-17(13-28-14)12-27-18-6-4-5-16(10-18)21(25)24(2)11-15-7-8-20(26-3)19(22)9-15/h4-10,13H,11-12H2,1-3H3. The van der Waals surface area contributed by atoms with Gasteiger partial charge < -0.3 is 14.4 Å². The van der Waals surface area contributed by atoms with Gasteiger partial charge in [0.2, 0.25) is 0 Å². The molecule has 0 N–H and O–H groups in total. The van der Waals surface area contributed by atoms with Gasteiger partial charge in [-0.3, -0.25) is 4.79 Å². The zero-order chi connectivity index (χ0) is 20.1. The van der Waals surface area contributed by atoms with Crippen LogP contribution in [0.25, 0.3) is 0 Å². The molecule has 0 atom stereocenters. The lowest BCUT2D eigenvalue weighted by Gasteiger charge is -2.18. The molecule has 2 aromatic carbocycles. The minimum absolute atomic E-state index is 0.175. The van der Waals surface area contributed by atoms with Crippen LogP contribution in [0.2, 0.25) is 0 Å². The number of hydrogen-bond donors (Lipinski definition) is 0. The molecule has 1 heterocycles. The summed E-state index contributed by atoms with van der Waals surface area (Å²) in [6.45, 7) is 2.57. The maximum absolute atomic E-state index is 13.9. The average molecular weight is 400 g/mol. The number of carbonyl (C=O) groups is 1. The van der Waals surface area contributed by atoms with E-state index in [1.54, 1.807) is 54.8 Å². The summed E-state index contributed by atoms with van der Waals surface area (Å²) in [6.07, 6.45) is 0. The fourth-order valence-corrected chi connectivity index (χ4v) is 3.32. The highest BCUT2D eigenvalue weighted by Crippen LogP contribution is 2.20. The van der Waals surface area contributed by atoms with Crippen LogP contribution >= 0.6 is 11.3 Å². The Morgan fingerprint density at radius 1 is 1.25 bits per heavy atom. The zero-order valence-corrected chi connectivity index (χ0v) is 16.8. The Morgan fingerprint density at radius 2 is 2.07 bits per heavy atom. The van der Waals surface area contributed by atoms with E-state index in [1.165, 1.54) is 18.1 Å². The van der Waals surface area contributed by atoms with Crippen LogP contribution < -0.4 is 9.47 Å². The number of hydrogen-bond acceptors (Lipinski definition) is 5. The molecule has 146 valence electrons.